The molecule has 1 rings (SSSR count). The number of hydrogen-bond donors (Lipinski definition) is 1. The molecule has 0 saturated heterocycles. The fraction of sp³-hybridized carbons (Fsp3) is 0.647. The Bertz CT molecular complexity index is 394. The first-order chi connectivity index (χ1) is 10.1. The fourth-order valence-corrected chi connectivity index (χ4v) is 3.03. The van der Waals surface area contributed by atoms with E-state index in [9.17, 15) is 0 Å². The van der Waals surface area contributed by atoms with Crippen molar-refractivity contribution in [1.82, 2.24) is 10.2 Å². The highest BCUT2D eigenvalue weighted by Crippen LogP contribution is 2.24. The Balaban J connectivity index is 2.89. The number of hydrogen-bond acceptors (Lipinski definition) is 4. The topological polar surface area (TPSA) is 33.7 Å². The number of benzene rings is 1. The third-order valence-electron chi connectivity index (χ3n) is 4.13. The van der Waals surface area contributed by atoms with Crippen molar-refractivity contribution in [3.63, 3.8) is 0 Å². The van der Waals surface area contributed by atoms with E-state index in [0.717, 1.165) is 18.9 Å². The predicted molar refractivity (Wildman–Crippen MR) is 88.0 cm³/mol. The van der Waals surface area contributed by atoms with Crippen LogP contribution >= 0.6 is 0 Å². The summed E-state index contributed by atoms with van der Waals surface area (Å²) in [7, 11) is 5.46. The van der Waals surface area contributed by atoms with Gasteiger partial charge in [0.05, 0.1) is 13.7 Å². The third kappa shape index (κ3) is 4.70. The summed E-state index contributed by atoms with van der Waals surface area (Å²) in [4.78, 5) is 2.47. The van der Waals surface area contributed by atoms with E-state index in [-0.39, 0.29) is 6.04 Å². The van der Waals surface area contributed by atoms with Crippen molar-refractivity contribution in [2.75, 3.05) is 34.4 Å². The number of methoxy groups -OCH3 is 2. The van der Waals surface area contributed by atoms with E-state index in [1.807, 2.05) is 19.2 Å². The maximum Gasteiger partial charge on any atom is 0.118 e. The molecule has 0 radical (unpaired) electrons. The molecule has 1 aromatic carbocycles. The van der Waals surface area contributed by atoms with Gasteiger partial charge in [-0.2, -0.15) is 0 Å². The van der Waals surface area contributed by atoms with Gasteiger partial charge in [0.15, 0.2) is 0 Å². The molecule has 21 heavy (non-hydrogen) atoms. The third-order valence-corrected chi connectivity index (χ3v) is 4.13. The van der Waals surface area contributed by atoms with E-state index in [1.165, 1.54) is 5.56 Å². The van der Waals surface area contributed by atoms with Gasteiger partial charge in [-0.1, -0.05) is 19.1 Å². The quantitative estimate of drug-likeness (QED) is 0.759. The second-order valence-corrected chi connectivity index (χ2v) is 5.41. The normalized spacial score (nSPS) is 15.8. The summed E-state index contributed by atoms with van der Waals surface area (Å²) in [6.45, 7) is 8.42. The molecule has 3 atom stereocenters. The second kappa shape index (κ2) is 9.03. The zero-order valence-electron chi connectivity index (χ0n) is 14.2. The minimum absolute atomic E-state index is 0.273. The van der Waals surface area contributed by atoms with Crippen molar-refractivity contribution in [3.05, 3.63) is 29.8 Å². The van der Waals surface area contributed by atoms with E-state index >= 15 is 0 Å². The van der Waals surface area contributed by atoms with Gasteiger partial charge in [-0.25, -0.2) is 0 Å². The van der Waals surface area contributed by atoms with Crippen LogP contribution in [-0.4, -0.2) is 51.4 Å². The van der Waals surface area contributed by atoms with Crippen molar-refractivity contribution in [2.24, 2.45) is 0 Å². The number of nitrogens with zero attached hydrogens (tertiary/aromatic N) is 1. The summed E-state index contributed by atoms with van der Waals surface area (Å²) in [5, 5.41) is 3.44. The van der Waals surface area contributed by atoms with Gasteiger partial charge in [-0.3, -0.25) is 4.90 Å². The lowest BCUT2D eigenvalue weighted by atomic mass is 9.98. The molecule has 120 valence electrons. The second-order valence-electron chi connectivity index (χ2n) is 5.41. The van der Waals surface area contributed by atoms with E-state index < -0.39 is 0 Å². The van der Waals surface area contributed by atoms with Crippen LogP contribution < -0.4 is 10.1 Å². The van der Waals surface area contributed by atoms with Gasteiger partial charge < -0.3 is 14.8 Å². The van der Waals surface area contributed by atoms with E-state index in [4.69, 9.17) is 9.47 Å². The first kappa shape index (κ1) is 18.0. The Morgan fingerprint density at radius 1 is 1.14 bits per heavy atom. The molecule has 0 aliphatic carbocycles. The average Bonchev–Trinajstić information content (AvgIpc) is 2.49. The summed E-state index contributed by atoms with van der Waals surface area (Å²) in [6.07, 6.45) is 0. The van der Waals surface area contributed by atoms with Crippen molar-refractivity contribution >= 4 is 0 Å². The molecule has 0 heterocycles. The molecule has 3 unspecified atom stereocenters. The molecule has 0 fully saturated rings. The molecular formula is C17H30N2O2. The predicted octanol–water partition coefficient (Wildman–Crippen LogP) is 2.70. The van der Waals surface area contributed by atoms with Crippen molar-refractivity contribution in [2.45, 2.75) is 38.9 Å². The standard InChI is InChI=1S/C17H30N2O2/c1-7-19(13(2)12-20-5)14(3)17(18-4)15-8-10-16(21-6)11-9-15/h8-11,13-14,17-18H,7,12H2,1-6H3. The van der Waals surface area contributed by atoms with Gasteiger partial charge in [0.25, 0.3) is 0 Å². The molecule has 4 nitrogen and oxygen atoms in total. The van der Waals surface area contributed by atoms with Gasteiger partial charge in [0, 0.05) is 25.2 Å². The van der Waals surface area contributed by atoms with Gasteiger partial charge >= 0.3 is 0 Å². The lowest BCUT2D eigenvalue weighted by Gasteiger charge is -2.38. The molecule has 1 aromatic rings. The molecule has 0 saturated carbocycles. The monoisotopic (exact) mass is 294 g/mol. The molecule has 0 aliphatic rings. The summed E-state index contributed by atoms with van der Waals surface area (Å²) in [5.74, 6) is 0.890. The number of nitrogens with one attached hydrogen (secondary N) is 1. The van der Waals surface area contributed by atoms with Crippen LogP contribution in [0.5, 0.6) is 5.75 Å². The summed E-state index contributed by atoms with van der Waals surface area (Å²) in [6, 6.07) is 9.33. The van der Waals surface area contributed by atoms with Crippen LogP contribution in [0.3, 0.4) is 0 Å². The molecule has 1 N–H and O–H groups in total. The van der Waals surface area contributed by atoms with Crippen LogP contribution in [-0.2, 0) is 4.74 Å². The van der Waals surface area contributed by atoms with Crippen LogP contribution in [0.25, 0.3) is 0 Å². The molecule has 0 spiro atoms. The smallest absolute Gasteiger partial charge is 0.118 e. The van der Waals surface area contributed by atoms with Gasteiger partial charge in [0.1, 0.15) is 5.75 Å². The lowest BCUT2D eigenvalue weighted by molar-refractivity contribution is 0.0659. The van der Waals surface area contributed by atoms with Gasteiger partial charge in [0.2, 0.25) is 0 Å². The van der Waals surface area contributed by atoms with Crippen LogP contribution in [0.15, 0.2) is 24.3 Å². The Hall–Kier alpha value is -1.10. The van der Waals surface area contributed by atoms with Crippen LogP contribution in [0.4, 0.5) is 0 Å². The van der Waals surface area contributed by atoms with E-state index in [0.29, 0.717) is 12.1 Å². The zero-order valence-corrected chi connectivity index (χ0v) is 14.2. The maximum absolute atomic E-state index is 5.31. The van der Waals surface area contributed by atoms with Crippen LogP contribution in [0.1, 0.15) is 32.4 Å². The molecular weight excluding hydrogens is 264 g/mol. The summed E-state index contributed by atoms with van der Waals surface area (Å²) in [5.41, 5.74) is 1.27. The maximum atomic E-state index is 5.31. The Morgan fingerprint density at radius 3 is 2.19 bits per heavy atom. The Labute approximate surface area is 129 Å². The highest BCUT2D eigenvalue weighted by atomic mass is 16.5. The minimum atomic E-state index is 0.273. The minimum Gasteiger partial charge on any atom is -0.497 e. The summed E-state index contributed by atoms with van der Waals surface area (Å²) < 4.78 is 10.5. The number of ether oxygens (including phenoxy) is 2. The van der Waals surface area contributed by atoms with Gasteiger partial charge in [-0.05, 0) is 45.1 Å². The van der Waals surface area contributed by atoms with Gasteiger partial charge in [-0.15, -0.1) is 0 Å². The fourth-order valence-electron chi connectivity index (χ4n) is 3.03. The van der Waals surface area contributed by atoms with Crippen LogP contribution in [0.2, 0.25) is 0 Å². The van der Waals surface area contributed by atoms with E-state index in [1.54, 1.807) is 14.2 Å². The summed E-state index contributed by atoms with van der Waals surface area (Å²) >= 11 is 0. The molecule has 4 heteroatoms. The molecule has 0 bridgehead atoms. The lowest BCUT2D eigenvalue weighted by Crippen LogP contribution is -2.47. The number of rotatable bonds is 9. The SMILES string of the molecule is CCN(C(C)COC)C(C)C(NC)c1ccc(OC)cc1. The largest absolute Gasteiger partial charge is 0.497 e. The van der Waals surface area contributed by atoms with Crippen LogP contribution in [0, 0.1) is 0 Å². The number of likely N-dealkylation sites (N-methyl/N-ethyl adjacent to an activating group) is 2. The molecule has 0 aromatic heterocycles. The van der Waals surface area contributed by atoms with E-state index in [2.05, 4.69) is 43.1 Å². The first-order valence-electron chi connectivity index (χ1n) is 7.64. The van der Waals surface area contributed by atoms with Crippen molar-refractivity contribution in [1.29, 1.82) is 0 Å². The van der Waals surface area contributed by atoms with Crippen molar-refractivity contribution < 1.29 is 9.47 Å². The molecule has 0 amide bonds. The highest BCUT2D eigenvalue weighted by molar-refractivity contribution is 5.29. The highest BCUT2D eigenvalue weighted by Gasteiger charge is 2.26. The first-order valence-corrected chi connectivity index (χ1v) is 7.64. The Morgan fingerprint density at radius 2 is 1.76 bits per heavy atom. The average molecular weight is 294 g/mol. The van der Waals surface area contributed by atoms with Crippen molar-refractivity contribution in [3.8, 4) is 5.75 Å². The molecule has 0 aliphatic heterocycles. The zero-order chi connectivity index (χ0) is 15.8. The Kier molecular flexibility index (Phi) is 7.72.